The number of ether oxygens (including phenoxy) is 1. The van der Waals surface area contributed by atoms with Crippen LogP contribution in [0, 0.1) is 17.2 Å². The maximum absolute atomic E-state index is 12.4. The van der Waals surface area contributed by atoms with E-state index in [9.17, 15) is 29.4 Å². The number of hydrogen-bond acceptors (Lipinski definition) is 8. The number of aliphatic hydroxyl groups is 1. The molecule has 13 heteroatoms. The van der Waals surface area contributed by atoms with E-state index in [-0.39, 0.29) is 47.8 Å². The molecule has 0 aromatic rings. The first kappa shape index (κ1) is 25.6. The highest BCUT2D eigenvalue weighted by atomic mass is 32.2. The summed E-state index contributed by atoms with van der Waals surface area (Å²) in [6, 6.07) is -0.375. The molecular weight excluding hydrogens is 466 g/mol. The Labute approximate surface area is 200 Å². The Bertz CT molecular complexity index is 946. The number of carboxylic acid groups (broad SMARTS) is 1. The highest BCUT2D eigenvalue weighted by molar-refractivity contribution is 8.03. The fourth-order valence-corrected chi connectivity index (χ4v) is 5.99. The summed E-state index contributed by atoms with van der Waals surface area (Å²) in [6.45, 7) is 7.08. The Kier molecular flexibility index (Phi) is 7.56. The highest BCUT2D eigenvalue weighted by Gasteiger charge is 2.60. The number of rotatable bonds is 10. The number of likely N-dealkylation sites (tertiary alicyclic amines) is 1. The summed E-state index contributed by atoms with van der Waals surface area (Å²) in [4.78, 5) is 52.4. The van der Waals surface area contributed by atoms with Crippen molar-refractivity contribution in [1.82, 2.24) is 14.7 Å². The summed E-state index contributed by atoms with van der Waals surface area (Å²) in [7, 11) is 0. The zero-order valence-corrected chi connectivity index (χ0v) is 19.8. The van der Waals surface area contributed by atoms with Gasteiger partial charge in [0.25, 0.3) is 0 Å². The van der Waals surface area contributed by atoms with E-state index in [1.165, 1.54) is 29.7 Å². The average Bonchev–Trinajstić information content (AvgIpc) is 2.95. The number of amides is 3. The third-order valence-electron chi connectivity index (χ3n) is 6.10. The highest BCUT2D eigenvalue weighted by Crippen LogP contribution is 2.51. The Morgan fingerprint density at radius 3 is 2.56 bits per heavy atom. The number of hydrogen-bond donors (Lipinski definition) is 4. The average molecular weight is 496 g/mol. The first-order chi connectivity index (χ1) is 16.0. The van der Waals surface area contributed by atoms with Crippen molar-refractivity contribution in [2.75, 3.05) is 32.8 Å². The lowest BCUT2D eigenvalue weighted by atomic mass is 9.79. The van der Waals surface area contributed by atoms with Gasteiger partial charge in [0, 0.05) is 29.2 Å². The third kappa shape index (κ3) is 4.75. The van der Waals surface area contributed by atoms with E-state index in [4.69, 9.17) is 15.9 Å². The molecule has 3 aliphatic rings. The smallest absolute Gasteiger partial charge is 0.410 e. The van der Waals surface area contributed by atoms with Gasteiger partial charge in [-0.15, -0.1) is 11.8 Å². The van der Waals surface area contributed by atoms with Crippen molar-refractivity contribution in [3.63, 3.8) is 0 Å². The van der Waals surface area contributed by atoms with Crippen molar-refractivity contribution in [3.05, 3.63) is 23.3 Å². The van der Waals surface area contributed by atoms with Gasteiger partial charge in [-0.1, -0.05) is 19.6 Å². The molecule has 0 spiro atoms. The van der Waals surface area contributed by atoms with Crippen LogP contribution in [0.1, 0.15) is 13.8 Å². The summed E-state index contributed by atoms with van der Waals surface area (Å²) < 4.78 is 4.93. The van der Waals surface area contributed by atoms with Crippen LogP contribution in [-0.4, -0.2) is 105 Å². The van der Waals surface area contributed by atoms with Crippen LogP contribution in [0.5, 0.6) is 0 Å². The molecule has 5 N–H and O–H groups in total. The largest absolute Gasteiger partial charge is 0.477 e. The van der Waals surface area contributed by atoms with E-state index < -0.39 is 36.5 Å². The molecule has 3 heterocycles. The second-order valence-electron chi connectivity index (χ2n) is 8.55. The number of primary amides is 1. The van der Waals surface area contributed by atoms with Gasteiger partial charge in [0.2, 0.25) is 11.8 Å². The number of carbonyl (C=O) groups excluding carboxylic acids is 3. The van der Waals surface area contributed by atoms with Crippen LogP contribution in [0.3, 0.4) is 0 Å². The lowest BCUT2D eigenvalue weighted by Crippen LogP contribution is -2.63. The van der Waals surface area contributed by atoms with Gasteiger partial charge < -0.3 is 30.5 Å². The zero-order chi connectivity index (χ0) is 25.3. The first-order valence-corrected chi connectivity index (χ1v) is 11.6. The van der Waals surface area contributed by atoms with E-state index in [2.05, 4.69) is 6.58 Å². The molecule has 3 amide bonds. The molecule has 12 nitrogen and oxygen atoms in total. The van der Waals surface area contributed by atoms with Gasteiger partial charge in [0.05, 0.1) is 24.6 Å². The van der Waals surface area contributed by atoms with Gasteiger partial charge in [-0.2, -0.15) is 0 Å². The molecule has 0 saturated carbocycles. The predicted molar refractivity (Wildman–Crippen MR) is 123 cm³/mol. The van der Waals surface area contributed by atoms with Crippen molar-refractivity contribution in [2.24, 2.45) is 17.6 Å². The zero-order valence-electron chi connectivity index (χ0n) is 19.0. The van der Waals surface area contributed by atoms with Crippen LogP contribution < -0.4 is 5.73 Å². The normalized spacial score (nSPS) is 24.7. The summed E-state index contributed by atoms with van der Waals surface area (Å²) in [6.07, 6.45) is -0.267. The van der Waals surface area contributed by atoms with Crippen LogP contribution in [0.15, 0.2) is 23.3 Å². The molecule has 0 bridgehead atoms. The number of carboxylic acids is 1. The second-order valence-corrected chi connectivity index (χ2v) is 9.89. The fraction of sp³-hybridized carbons (Fsp3) is 0.571. The van der Waals surface area contributed by atoms with Gasteiger partial charge in [-0.3, -0.25) is 19.9 Å². The van der Waals surface area contributed by atoms with E-state index in [0.29, 0.717) is 18.0 Å². The van der Waals surface area contributed by atoms with Crippen LogP contribution >= 0.6 is 11.8 Å². The molecule has 2 saturated heterocycles. The van der Waals surface area contributed by atoms with Crippen molar-refractivity contribution in [1.29, 1.82) is 5.41 Å². The number of thioether (sulfide) groups is 1. The van der Waals surface area contributed by atoms with Gasteiger partial charge in [0.1, 0.15) is 24.7 Å². The topological polar surface area (TPSA) is 178 Å². The molecule has 0 aromatic heterocycles. The van der Waals surface area contributed by atoms with E-state index >= 15 is 0 Å². The van der Waals surface area contributed by atoms with Gasteiger partial charge in [-0.25, -0.2) is 9.59 Å². The van der Waals surface area contributed by atoms with Crippen LogP contribution in [0.25, 0.3) is 0 Å². The van der Waals surface area contributed by atoms with Crippen LogP contribution in [0.4, 0.5) is 4.79 Å². The van der Waals surface area contributed by atoms with Crippen LogP contribution in [-0.2, 0) is 19.1 Å². The third-order valence-corrected chi connectivity index (χ3v) is 7.56. The van der Waals surface area contributed by atoms with Crippen molar-refractivity contribution >= 4 is 41.5 Å². The maximum Gasteiger partial charge on any atom is 0.410 e. The lowest BCUT2D eigenvalue weighted by Gasteiger charge is -2.46. The minimum Gasteiger partial charge on any atom is -0.477 e. The van der Waals surface area contributed by atoms with E-state index in [1.54, 1.807) is 4.90 Å². The summed E-state index contributed by atoms with van der Waals surface area (Å²) in [5, 5.41) is 27.9. The molecular formula is C21H29N5O7S. The summed E-state index contributed by atoms with van der Waals surface area (Å²) in [5.41, 5.74) is 5.16. The summed E-state index contributed by atoms with van der Waals surface area (Å²) >= 11 is 1.36. The monoisotopic (exact) mass is 495 g/mol. The Hall–Kier alpha value is -3.06. The molecule has 0 unspecified atom stereocenters. The molecule has 3 aliphatic heterocycles. The fourth-order valence-electron chi connectivity index (χ4n) is 4.47. The van der Waals surface area contributed by atoms with Crippen LogP contribution in [0.2, 0.25) is 0 Å². The molecule has 4 atom stereocenters. The SMILES string of the molecule is C=CCOC(=O)N(CC(=N)N1CC(SC2=C(C(=O)O)N3C(=O)[C@H]([C@@H](C)O)[C@H]3[C@H]2C)C1)CC(N)=O. The lowest BCUT2D eigenvalue weighted by molar-refractivity contribution is -0.163. The maximum atomic E-state index is 12.4. The number of fused-ring (bicyclic) bond motifs is 1. The molecule has 2 fully saturated rings. The van der Waals surface area contributed by atoms with E-state index in [1.807, 2.05) is 6.92 Å². The van der Waals surface area contributed by atoms with Crippen molar-refractivity contribution in [3.8, 4) is 0 Å². The molecule has 0 aromatic carbocycles. The minimum atomic E-state index is -1.18. The molecule has 3 rings (SSSR count). The number of nitrogens with one attached hydrogen (secondary N) is 1. The van der Waals surface area contributed by atoms with Gasteiger partial charge in [0.15, 0.2) is 0 Å². The number of aliphatic hydroxyl groups excluding tert-OH is 1. The number of nitrogens with two attached hydrogens (primary N) is 1. The molecule has 34 heavy (non-hydrogen) atoms. The Balaban J connectivity index is 1.61. The van der Waals surface area contributed by atoms with Crippen molar-refractivity contribution in [2.45, 2.75) is 31.2 Å². The number of amidine groups is 1. The van der Waals surface area contributed by atoms with Gasteiger partial charge >= 0.3 is 12.1 Å². The summed E-state index contributed by atoms with van der Waals surface area (Å²) in [5.74, 6) is -3.06. The Morgan fingerprint density at radius 1 is 1.38 bits per heavy atom. The molecule has 0 aliphatic carbocycles. The first-order valence-electron chi connectivity index (χ1n) is 10.8. The number of aliphatic carboxylic acids is 1. The second kappa shape index (κ2) is 10.1. The molecule has 0 radical (unpaired) electrons. The van der Waals surface area contributed by atoms with Crippen molar-refractivity contribution < 1.29 is 34.1 Å². The minimum absolute atomic E-state index is 0.0248. The number of carbonyl (C=O) groups is 4. The predicted octanol–water partition coefficient (Wildman–Crippen LogP) is -0.355. The number of β-lactam (4-membered cyclic amide) rings is 1. The molecule has 186 valence electrons. The van der Waals surface area contributed by atoms with E-state index in [0.717, 1.165) is 4.90 Å². The van der Waals surface area contributed by atoms with Gasteiger partial charge in [-0.05, 0) is 6.92 Å². The standard InChI is InChI=1S/C21H29N5O7S/c1-4-5-33-21(32)25(9-14(23)28)8-13(22)24-6-12(7-24)34-18-10(2)16-15(11(3)27)19(29)26(16)17(18)20(30)31/h4,10-12,15-16,22,27H,1,5-9H2,2-3H3,(H2,23,28)(H,30,31)/t10-,11-,15-,16-/m1/s1. The number of nitrogens with zero attached hydrogens (tertiary/aromatic N) is 3. The Morgan fingerprint density at radius 2 is 2.03 bits per heavy atom. The quantitative estimate of drug-likeness (QED) is 0.136.